The first-order valence-corrected chi connectivity index (χ1v) is 9.06. The van der Waals surface area contributed by atoms with E-state index < -0.39 is 23.4 Å². The van der Waals surface area contributed by atoms with Crippen LogP contribution in [-0.4, -0.2) is 46.9 Å². The van der Waals surface area contributed by atoms with Gasteiger partial charge >= 0.3 is 5.97 Å². The van der Waals surface area contributed by atoms with Crippen LogP contribution in [0.25, 0.3) is 0 Å². The van der Waals surface area contributed by atoms with Gasteiger partial charge in [0.2, 0.25) is 5.91 Å². The van der Waals surface area contributed by atoms with E-state index in [1.54, 1.807) is 43.5 Å². The first kappa shape index (κ1) is 19.0. The van der Waals surface area contributed by atoms with Gasteiger partial charge in [0.25, 0.3) is 5.91 Å². The minimum Gasteiger partial charge on any atom is -0.445 e. The smallest absolute Gasteiger partial charge is 0.339 e. The zero-order chi connectivity index (χ0) is 19.6. The number of nitrogens with zero attached hydrogens (tertiary/aromatic N) is 2. The third-order valence-electron chi connectivity index (χ3n) is 4.26. The summed E-state index contributed by atoms with van der Waals surface area (Å²) >= 11 is 3.27. The number of benzene rings is 1. The molecule has 0 saturated heterocycles. The number of ether oxygens (including phenoxy) is 1. The third-order valence-corrected chi connectivity index (χ3v) is 4.73. The van der Waals surface area contributed by atoms with Crippen LogP contribution < -0.4 is 5.32 Å². The molecule has 0 saturated carbocycles. The normalized spacial score (nSPS) is 18.3. The first-order chi connectivity index (χ1) is 12.8. The third kappa shape index (κ3) is 4.16. The van der Waals surface area contributed by atoms with Crippen molar-refractivity contribution in [3.63, 3.8) is 0 Å². The number of rotatable bonds is 4. The fraction of sp³-hybridized carbons (Fsp3) is 0.263. The summed E-state index contributed by atoms with van der Waals surface area (Å²) in [5.41, 5.74) is -0.137. The minimum absolute atomic E-state index is 0.189. The summed E-state index contributed by atoms with van der Waals surface area (Å²) in [6.45, 7) is 1.37. The molecule has 1 N–H and O–H groups in total. The van der Waals surface area contributed by atoms with Crippen LogP contribution in [0, 0.1) is 0 Å². The average Bonchev–Trinajstić information content (AvgIpc) is 2.62. The van der Waals surface area contributed by atoms with Gasteiger partial charge in [0.15, 0.2) is 5.60 Å². The Bertz CT molecular complexity index is 900. The predicted octanol–water partition coefficient (Wildman–Crippen LogP) is 2.41. The maximum atomic E-state index is 12.9. The lowest BCUT2D eigenvalue weighted by molar-refractivity contribution is -0.151. The highest BCUT2D eigenvalue weighted by Crippen LogP contribution is 2.29. The molecule has 0 aliphatic carbocycles. The second-order valence-corrected chi connectivity index (χ2v) is 7.44. The van der Waals surface area contributed by atoms with Crippen molar-refractivity contribution in [2.45, 2.75) is 18.9 Å². The predicted molar refractivity (Wildman–Crippen MR) is 102 cm³/mol. The molecule has 0 bridgehead atoms. The van der Waals surface area contributed by atoms with Crippen LogP contribution in [0.1, 0.15) is 22.8 Å². The van der Waals surface area contributed by atoms with Crippen molar-refractivity contribution in [3.8, 4) is 0 Å². The van der Waals surface area contributed by atoms with Crippen LogP contribution in [0.3, 0.4) is 0 Å². The van der Waals surface area contributed by atoms with E-state index in [4.69, 9.17) is 4.74 Å². The molecular formula is C19H18BrN3O4. The van der Waals surface area contributed by atoms with Crippen molar-refractivity contribution >= 4 is 39.5 Å². The topological polar surface area (TPSA) is 88.6 Å². The molecule has 0 spiro atoms. The van der Waals surface area contributed by atoms with Crippen molar-refractivity contribution in [1.29, 1.82) is 0 Å². The molecule has 1 aromatic carbocycles. The van der Waals surface area contributed by atoms with Gasteiger partial charge in [0, 0.05) is 24.1 Å². The van der Waals surface area contributed by atoms with E-state index >= 15 is 0 Å². The lowest BCUT2D eigenvalue weighted by Crippen LogP contribution is -2.53. The summed E-state index contributed by atoms with van der Waals surface area (Å²) in [6, 6.07) is 10.4. The van der Waals surface area contributed by atoms with E-state index in [1.807, 2.05) is 6.07 Å². The van der Waals surface area contributed by atoms with Crippen molar-refractivity contribution < 1.29 is 19.1 Å². The summed E-state index contributed by atoms with van der Waals surface area (Å²) in [6.07, 6.45) is 1.82. The van der Waals surface area contributed by atoms with Gasteiger partial charge in [-0.2, -0.15) is 0 Å². The molecule has 7 nitrogen and oxygen atoms in total. The van der Waals surface area contributed by atoms with Crippen LogP contribution in [-0.2, 0) is 20.7 Å². The number of carbonyl (C=O) groups is 3. The van der Waals surface area contributed by atoms with Crippen LogP contribution in [0.5, 0.6) is 0 Å². The SMILES string of the molecule is CN(CC(=O)Nc1ccc(Br)cn1)C(=O)[C@@]1(C)Cc2ccccc2C(=O)O1. The molecule has 8 heteroatoms. The van der Waals surface area contributed by atoms with Gasteiger partial charge in [0.05, 0.1) is 12.1 Å². The van der Waals surface area contributed by atoms with E-state index in [-0.39, 0.29) is 13.0 Å². The van der Waals surface area contributed by atoms with E-state index in [2.05, 4.69) is 26.2 Å². The fourth-order valence-electron chi connectivity index (χ4n) is 2.98. The number of anilines is 1. The lowest BCUT2D eigenvalue weighted by Gasteiger charge is -2.35. The Hall–Kier alpha value is -2.74. The minimum atomic E-state index is -1.35. The maximum absolute atomic E-state index is 12.9. The number of hydrogen-bond acceptors (Lipinski definition) is 5. The van der Waals surface area contributed by atoms with Gasteiger partial charge < -0.3 is 15.0 Å². The highest BCUT2D eigenvalue weighted by atomic mass is 79.9. The van der Waals surface area contributed by atoms with E-state index in [9.17, 15) is 14.4 Å². The zero-order valence-corrected chi connectivity index (χ0v) is 16.4. The summed E-state index contributed by atoms with van der Waals surface area (Å²) in [4.78, 5) is 42.6. The number of halogens is 1. The standard InChI is InChI=1S/C19H18BrN3O4/c1-19(9-12-5-3-4-6-14(12)17(25)27-19)18(26)23(2)11-16(24)22-15-8-7-13(20)10-21-15/h3-8,10H,9,11H2,1-2H3,(H,21,22,24)/t19-/m1/s1. The summed E-state index contributed by atoms with van der Waals surface area (Å²) in [7, 11) is 1.50. The molecule has 0 unspecified atom stereocenters. The maximum Gasteiger partial charge on any atom is 0.339 e. The molecule has 2 heterocycles. The fourth-order valence-corrected chi connectivity index (χ4v) is 3.21. The van der Waals surface area contributed by atoms with Crippen molar-refractivity contribution in [1.82, 2.24) is 9.88 Å². The van der Waals surface area contributed by atoms with Gasteiger partial charge in [-0.15, -0.1) is 0 Å². The quantitative estimate of drug-likeness (QED) is 0.750. The van der Waals surface area contributed by atoms with Crippen molar-refractivity contribution in [2.24, 2.45) is 0 Å². The van der Waals surface area contributed by atoms with E-state index in [1.165, 1.54) is 11.9 Å². The molecule has 140 valence electrons. The second-order valence-electron chi connectivity index (χ2n) is 6.53. The number of cyclic esters (lactones) is 1. The summed E-state index contributed by atoms with van der Waals surface area (Å²) < 4.78 is 6.21. The van der Waals surface area contributed by atoms with Gasteiger partial charge in [-0.25, -0.2) is 9.78 Å². The second kappa shape index (κ2) is 7.48. The van der Waals surface area contributed by atoms with Crippen molar-refractivity contribution in [2.75, 3.05) is 18.9 Å². The Morgan fingerprint density at radius 2 is 2.04 bits per heavy atom. The molecule has 0 fully saturated rings. The Labute approximate surface area is 164 Å². The Morgan fingerprint density at radius 1 is 1.30 bits per heavy atom. The van der Waals surface area contributed by atoms with Crippen molar-refractivity contribution in [3.05, 3.63) is 58.2 Å². The van der Waals surface area contributed by atoms with E-state index in [0.717, 1.165) is 10.0 Å². The molecule has 27 heavy (non-hydrogen) atoms. The van der Waals surface area contributed by atoms with Crippen LogP contribution in [0.15, 0.2) is 47.1 Å². The number of fused-ring (bicyclic) bond motifs is 1. The molecule has 1 aliphatic heterocycles. The van der Waals surface area contributed by atoms with Gasteiger partial charge in [-0.05, 0) is 46.6 Å². The Morgan fingerprint density at radius 3 is 2.74 bits per heavy atom. The Balaban J connectivity index is 1.67. The number of carbonyl (C=O) groups excluding carboxylic acids is 3. The highest BCUT2D eigenvalue weighted by Gasteiger charge is 2.44. The first-order valence-electron chi connectivity index (χ1n) is 8.27. The monoisotopic (exact) mass is 431 g/mol. The van der Waals surface area contributed by atoms with Crippen LogP contribution in [0.4, 0.5) is 5.82 Å². The number of nitrogens with one attached hydrogen (secondary N) is 1. The zero-order valence-electron chi connectivity index (χ0n) is 14.9. The molecule has 0 radical (unpaired) electrons. The summed E-state index contributed by atoms with van der Waals surface area (Å²) in [5.74, 6) is -0.992. The molecular weight excluding hydrogens is 414 g/mol. The van der Waals surface area contributed by atoms with Gasteiger partial charge in [0.1, 0.15) is 5.82 Å². The number of aromatic nitrogens is 1. The lowest BCUT2D eigenvalue weighted by atomic mass is 9.89. The molecule has 1 aromatic heterocycles. The average molecular weight is 432 g/mol. The largest absolute Gasteiger partial charge is 0.445 e. The number of pyridine rings is 1. The molecule has 3 rings (SSSR count). The molecule has 2 amide bonds. The van der Waals surface area contributed by atoms with Crippen LogP contribution in [0.2, 0.25) is 0 Å². The molecule has 1 atom stereocenters. The van der Waals surface area contributed by atoms with Gasteiger partial charge in [-0.1, -0.05) is 18.2 Å². The number of likely N-dealkylation sites (N-methyl/N-ethyl adjacent to an activating group) is 1. The number of amides is 2. The molecule has 2 aromatic rings. The Kier molecular flexibility index (Phi) is 5.27. The number of esters is 1. The molecule has 1 aliphatic rings. The van der Waals surface area contributed by atoms with Gasteiger partial charge in [-0.3, -0.25) is 9.59 Å². The van der Waals surface area contributed by atoms with Crippen LogP contribution >= 0.6 is 15.9 Å². The highest BCUT2D eigenvalue weighted by molar-refractivity contribution is 9.10. The summed E-state index contributed by atoms with van der Waals surface area (Å²) in [5, 5.41) is 2.62. The van der Waals surface area contributed by atoms with E-state index in [0.29, 0.717) is 11.4 Å². The number of hydrogen-bond donors (Lipinski definition) is 1.